The number of likely N-dealkylation sites (N-methyl/N-ethyl adjacent to an activating group) is 2. The van der Waals surface area contributed by atoms with Gasteiger partial charge in [0.15, 0.2) is 0 Å². The minimum absolute atomic E-state index is 0.305. The van der Waals surface area contributed by atoms with Crippen molar-refractivity contribution in [2.75, 3.05) is 104 Å². The van der Waals surface area contributed by atoms with Gasteiger partial charge in [0.05, 0.1) is 101 Å². The van der Waals surface area contributed by atoms with Crippen molar-refractivity contribution in [2.24, 2.45) is 10.2 Å². The molecule has 0 amide bonds. The normalized spacial score (nSPS) is 12.0. The van der Waals surface area contributed by atoms with E-state index in [2.05, 4.69) is 53.1 Å². The average molecular weight is 693 g/mol. The van der Waals surface area contributed by atoms with Crippen LogP contribution in [0, 0.1) is 31.8 Å². The van der Waals surface area contributed by atoms with Crippen molar-refractivity contribution in [1.82, 2.24) is 0 Å². The molecule has 0 unspecified atom stereocenters. The van der Waals surface area contributed by atoms with Crippen molar-refractivity contribution >= 4 is 43.5 Å². The minimum atomic E-state index is -4.13. The van der Waals surface area contributed by atoms with Crippen LogP contribution in [0.2, 0.25) is 0 Å². The zero-order chi connectivity index (χ0) is 34.7. The van der Waals surface area contributed by atoms with Crippen molar-refractivity contribution in [1.29, 1.82) is 5.26 Å². The molecule has 0 fully saturated rings. The van der Waals surface area contributed by atoms with Crippen LogP contribution in [-0.4, -0.2) is 116 Å². The summed E-state index contributed by atoms with van der Waals surface area (Å²) in [6.07, 6.45) is 1.07. The Bertz CT molecular complexity index is 1470. The third-order valence-corrected chi connectivity index (χ3v) is 9.22. The number of thiophene rings is 1. The fourth-order valence-electron chi connectivity index (χ4n) is 4.49. The van der Waals surface area contributed by atoms with Crippen molar-refractivity contribution in [3.05, 3.63) is 45.6 Å². The minimum Gasteiger partial charge on any atom is -0.748 e. The molecule has 0 saturated heterocycles. The lowest BCUT2D eigenvalue weighted by atomic mass is 10.1. The van der Waals surface area contributed by atoms with E-state index in [0.717, 1.165) is 37.4 Å². The van der Waals surface area contributed by atoms with E-state index >= 15 is 0 Å². The maximum absolute atomic E-state index is 10.7. The maximum Gasteiger partial charge on any atom is 0.229 e. The Hall–Kier alpha value is -2.99. The van der Waals surface area contributed by atoms with Gasteiger partial charge in [0.25, 0.3) is 0 Å². The second-order valence-electron chi connectivity index (χ2n) is 11.5. The number of rotatable bonds is 24. The molecule has 2 rings (SSSR count). The SMILES string of the molecule is [C-]#[N+]c1c(N=Nc2ccc(N(CC)CCOCCOCCOCCOCC[N+](C)(C)CCCCS(=O)(=O)[O-])cc2C)sc(C#N)c1C. The molecule has 1 heterocycles. The highest BCUT2D eigenvalue weighted by atomic mass is 32.2. The number of anilines is 1. The lowest BCUT2D eigenvalue weighted by molar-refractivity contribution is -0.890. The molecule has 47 heavy (non-hydrogen) atoms. The van der Waals surface area contributed by atoms with Crippen LogP contribution in [0.3, 0.4) is 0 Å². The number of benzene rings is 1. The molecule has 0 atom stereocenters. The molecular formula is C32H48N6O7S2. The van der Waals surface area contributed by atoms with Crippen molar-refractivity contribution in [3.8, 4) is 6.07 Å². The number of hydrogen-bond acceptors (Lipinski definition) is 12. The zero-order valence-electron chi connectivity index (χ0n) is 28.2. The summed E-state index contributed by atoms with van der Waals surface area (Å²) in [4.78, 5) is 6.22. The third kappa shape index (κ3) is 15.6. The fourth-order valence-corrected chi connectivity index (χ4v) is 5.92. The Morgan fingerprint density at radius 1 is 0.979 bits per heavy atom. The zero-order valence-corrected chi connectivity index (χ0v) is 29.8. The summed E-state index contributed by atoms with van der Waals surface area (Å²) in [5.41, 5.74) is 3.74. The fraction of sp³-hybridized carbons (Fsp3) is 0.625. The standard InChI is InChI=1S/C32H48N6O7S2/c1-7-37(28-10-11-29(26(2)24-28)35-36-32-31(34-4)27(3)30(25-33)46-32)12-15-42-17-19-44-21-22-45-20-18-43-16-14-38(5,6)13-8-9-23-47(39,40)41/h10-11,24H,7-9,12-23H2,1-3,5-6H3. The molecule has 260 valence electrons. The van der Waals surface area contributed by atoms with Gasteiger partial charge in [-0.3, -0.25) is 0 Å². The predicted molar refractivity (Wildman–Crippen MR) is 182 cm³/mol. The van der Waals surface area contributed by atoms with Crippen LogP contribution in [0.5, 0.6) is 0 Å². The van der Waals surface area contributed by atoms with Crippen LogP contribution in [0.15, 0.2) is 28.4 Å². The first-order valence-electron chi connectivity index (χ1n) is 15.7. The van der Waals surface area contributed by atoms with Gasteiger partial charge in [-0.05, 0) is 62.9 Å². The first-order chi connectivity index (χ1) is 22.4. The molecule has 0 saturated carbocycles. The van der Waals surface area contributed by atoms with E-state index < -0.39 is 10.1 Å². The van der Waals surface area contributed by atoms with Gasteiger partial charge in [0.2, 0.25) is 5.69 Å². The number of azo groups is 1. The second kappa shape index (κ2) is 21.1. The van der Waals surface area contributed by atoms with Gasteiger partial charge in [-0.15, -0.1) is 11.3 Å². The number of aryl methyl sites for hydroxylation is 1. The molecule has 1 aromatic carbocycles. The summed E-state index contributed by atoms with van der Waals surface area (Å²) in [5.74, 6) is -0.305. The molecule has 1 aromatic heterocycles. The van der Waals surface area contributed by atoms with Gasteiger partial charge in [-0.25, -0.2) is 13.3 Å². The van der Waals surface area contributed by atoms with Crippen LogP contribution in [0.25, 0.3) is 4.85 Å². The van der Waals surface area contributed by atoms with Gasteiger partial charge >= 0.3 is 0 Å². The highest BCUT2D eigenvalue weighted by Gasteiger charge is 2.16. The molecule has 0 bridgehead atoms. The van der Waals surface area contributed by atoms with Gasteiger partial charge in [-0.1, -0.05) is 0 Å². The number of ether oxygens (including phenoxy) is 4. The highest BCUT2D eigenvalue weighted by molar-refractivity contribution is 7.85. The van der Waals surface area contributed by atoms with Crippen molar-refractivity contribution in [3.63, 3.8) is 0 Å². The van der Waals surface area contributed by atoms with Gasteiger partial charge in [0, 0.05) is 24.5 Å². The van der Waals surface area contributed by atoms with Crippen molar-refractivity contribution in [2.45, 2.75) is 33.6 Å². The van der Waals surface area contributed by atoms with Crippen LogP contribution < -0.4 is 4.90 Å². The number of hydrogen-bond donors (Lipinski definition) is 0. The predicted octanol–water partition coefficient (Wildman–Crippen LogP) is 5.50. The van der Waals surface area contributed by atoms with E-state index in [9.17, 15) is 18.2 Å². The maximum atomic E-state index is 10.7. The Morgan fingerprint density at radius 2 is 1.60 bits per heavy atom. The Kier molecular flexibility index (Phi) is 18.0. The molecule has 15 heteroatoms. The average Bonchev–Trinajstić information content (AvgIpc) is 3.34. The lowest BCUT2D eigenvalue weighted by Crippen LogP contribution is -2.43. The monoisotopic (exact) mass is 692 g/mol. The molecule has 0 aliphatic carbocycles. The summed E-state index contributed by atoms with van der Waals surface area (Å²) < 4.78 is 55.3. The van der Waals surface area contributed by atoms with Crippen LogP contribution in [-0.2, 0) is 29.1 Å². The molecule has 0 N–H and O–H groups in total. The number of unbranched alkanes of at least 4 members (excludes halogenated alkanes) is 1. The number of nitriles is 1. The van der Waals surface area contributed by atoms with Crippen molar-refractivity contribution < 1.29 is 36.4 Å². The largest absolute Gasteiger partial charge is 0.748 e. The molecular weight excluding hydrogens is 645 g/mol. The molecule has 0 spiro atoms. The lowest BCUT2D eigenvalue weighted by Gasteiger charge is -2.29. The third-order valence-electron chi connectivity index (χ3n) is 7.36. The van der Waals surface area contributed by atoms with E-state index in [1.54, 1.807) is 6.92 Å². The first-order valence-corrected chi connectivity index (χ1v) is 18.0. The van der Waals surface area contributed by atoms with E-state index in [1.165, 1.54) is 11.3 Å². The van der Waals surface area contributed by atoms with E-state index in [1.807, 2.05) is 19.1 Å². The van der Waals surface area contributed by atoms with Crippen LogP contribution in [0.4, 0.5) is 22.1 Å². The van der Waals surface area contributed by atoms with Crippen LogP contribution in [0.1, 0.15) is 35.8 Å². The summed E-state index contributed by atoms with van der Waals surface area (Å²) >= 11 is 1.18. The number of quaternary nitrogens is 1. The second-order valence-corrected chi connectivity index (χ2v) is 14.0. The quantitative estimate of drug-likeness (QED) is 0.0457. The smallest absolute Gasteiger partial charge is 0.229 e. The summed E-state index contributed by atoms with van der Waals surface area (Å²) in [6, 6.07) is 8.07. The summed E-state index contributed by atoms with van der Waals surface area (Å²) in [5, 5.41) is 18.3. The molecule has 0 radical (unpaired) electrons. The Morgan fingerprint density at radius 3 is 2.15 bits per heavy atom. The molecule has 0 aliphatic heterocycles. The Balaban J connectivity index is 1.55. The summed E-state index contributed by atoms with van der Waals surface area (Å²) in [7, 11) is -0.0262. The topological polar surface area (TPSA) is 150 Å². The van der Waals surface area contributed by atoms with Gasteiger partial charge in [-0.2, -0.15) is 15.5 Å². The number of nitrogens with zero attached hydrogens (tertiary/aromatic N) is 6. The molecule has 13 nitrogen and oxygen atoms in total. The molecule has 0 aliphatic rings. The van der Waals surface area contributed by atoms with Crippen LogP contribution >= 0.6 is 11.3 Å². The first kappa shape index (κ1) is 40.2. The van der Waals surface area contributed by atoms with Gasteiger partial charge in [0.1, 0.15) is 17.6 Å². The Labute approximate surface area is 283 Å². The highest BCUT2D eigenvalue weighted by Crippen LogP contribution is 2.42. The van der Waals surface area contributed by atoms with E-state index in [4.69, 9.17) is 25.5 Å². The van der Waals surface area contributed by atoms with E-state index in [0.29, 0.717) is 97.0 Å². The van der Waals surface area contributed by atoms with E-state index in [-0.39, 0.29) is 5.75 Å². The molecule has 2 aromatic rings. The summed E-state index contributed by atoms with van der Waals surface area (Å²) in [6.45, 7) is 20.3. The van der Waals surface area contributed by atoms with Gasteiger partial charge < -0.3 is 32.9 Å².